The van der Waals surface area contributed by atoms with Crippen LogP contribution < -0.4 is 9.26 Å². The van der Waals surface area contributed by atoms with E-state index in [4.69, 9.17) is 9.26 Å². The van der Waals surface area contributed by atoms with Crippen LogP contribution in [0.25, 0.3) is 0 Å². The van der Waals surface area contributed by atoms with Crippen molar-refractivity contribution in [3.8, 4) is 11.5 Å². The molecule has 3 rings (SSSR count). The van der Waals surface area contributed by atoms with E-state index in [1.807, 2.05) is 24.3 Å². The molecule has 0 radical (unpaired) electrons. The van der Waals surface area contributed by atoms with Crippen molar-refractivity contribution in [3.05, 3.63) is 59.7 Å². The lowest BCUT2D eigenvalue weighted by molar-refractivity contribution is 0.249. The van der Waals surface area contributed by atoms with Crippen molar-refractivity contribution >= 4 is 9.47 Å². The lowest BCUT2D eigenvalue weighted by atomic mass is 9.78. The molecule has 2 aromatic rings. The van der Waals surface area contributed by atoms with E-state index in [1.165, 1.54) is 69.8 Å². The molecular formula is C26H37O2P. The third-order valence-electron chi connectivity index (χ3n) is 6.41. The van der Waals surface area contributed by atoms with E-state index in [-0.39, 0.29) is 0 Å². The third kappa shape index (κ3) is 7.67. The summed E-state index contributed by atoms with van der Waals surface area (Å²) in [6.07, 6.45) is 14.0. The maximum absolute atomic E-state index is 5.92. The van der Waals surface area contributed by atoms with Crippen LogP contribution in [0.1, 0.15) is 75.8 Å². The highest BCUT2D eigenvalue weighted by Crippen LogP contribution is 2.34. The van der Waals surface area contributed by atoms with E-state index < -0.39 is 0 Å². The molecule has 0 saturated heterocycles. The zero-order valence-corrected chi connectivity index (χ0v) is 19.1. The van der Waals surface area contributed by atoms with Crippen LogP contribution in [-0.2, 0) is 13.0 Å². The third-order valence-corrected chi connectivity index (χ3v) is 6.68. The largest absolute Gasteiger partial charge is 0.489 e. The molecule has 1 aliphatic rings. The first-order valence-electron chi connectivity index (χ1n) is 11.4. The van der Waals surface area contributed by atoms with Gasteiger partial charge in [-0.15, -0.1) is 0 Å². The summed E-state index contributed by atoms with van der Waals surface area (Å²) in [5.74, 6) is 3.72. The van der Waals surface area contributed by atoms with Gasteiger partial charge in [-0.25, -0.2) is 0 Å². The highest BCUT2D eigenvalue weighted by atomic mass is 31.0. The minimum atomic E-state index is 0.581. The maximum Gasteiger partial charge on any atom is 0.122 e. The van der Waals surface area contributed by atoms with E-state index in [9.17, 15) is 0 Å². The van der Waals surface area contributed by atoms with Crippen LogP contribution in [0.15, 0.2) is 48.5 Å². The lowest BCUT2D eigenvalue weighted by Gasteiger charge is -2.28. The Morgan fingerprint density at radius 3 is 1.97 bits per heavy atom. The Labute approximate surface area is 179 Å². The predicted octanol–water partition coefficient (Wildman–Crippen LogP) is 7.75. The van der Waals surface area contributed by atoms with Crippen LogP contribution in [0.4, 0.5) is 0 Å². The molecule has 0 amide bonds. The van der Waals surface area contributed by atoms with E-state index >= 15 is 0 Å². The lowest BCUT2D eigenvalue weighted by Crippen LogP contribution is -2.15. The maximum atomic E-state index is 5.92. The predicted molar refractivity (Wildman–Crippen MR) is 125 cm³/mol. The van der Waals surface area contributed by atoms with Gasteiger partial charge in [-0.05, 0) is 60.1 Å². The molecule has 0 bridgehead atoms. The van der Waals surface area contributed by atoms with Crippen LogP contribution in [0.2, 0.25) is 0 Å². The summed E-state index contributed by atoms with van der Waals surface area (Å²) in [5, 5.41) is 0. The SMILES string of the molecule is CCCCCC1CCC(CCc2ccc(OCc3ccc(OP)cc3)cc2)CC1. The molecule has 2 aromatic carbocycles. The summed E-state index contributed by atoms with van der Waals surface area (Å²) in [4.78, 5) is 0. The van der Waals surface area contributed by atoms with Gasteiger partial charge in [-0.2, -0.15) is 0 Å². The molecule has 1 fully saturated rings. The molecule has 0 aromatic heterocycles. The topological polar surface area (TPSA) is 18.5 Å². The fourth-order valence-electron chi connectivity index (χ4n) is 4.45. The smallest absolute Gasteiger partial charge is 0.122 e. The quantitative estimate of drug-likeness (QED) is 0.277. The number of benzene rings is 2. The van der Waals surface area contributed by atoms with Crippen molar-refractivity contribution in [3.63, 3.8) is 0 Å². The monoisotopic (exact) mass is 412 g/mol. The van der Waals surface area contributed by atoms with Gasteiger partial charge in [0.15, 0.2) is 0 Å². The summed E-state index contributed by atoms with van der Waals surface area (Å²) in [7, 11) is 2.26. The molecule has 0 aliphatic heterocycles. The number of ether oxygens (including phenoxy) is 1. The Bertz CT molecular complexity index is 688. The van der Waals surface area contributed by atoms with Crippen molar-refractivity contribution in [1.29, 1.82) is 0 Å². The van der Waals surface area contributed by atoms with Gasteiger partial charge in [0, 0.05) is 0 Å². The summed E-state index contributed by atoms with van der Waals surface area (Å²) >= 11 is 0. The van der Waals surface area contributed by atoms with Crippen molar-refractivity contribution in [2.24, 2.45) is 11.8 Å². The Morgan fingerprint density at radius 2 is 1.34 bits per heavy atom. The van der Waals surface area contributed by atoms with E-state index in [1.54, 1.807) is 0 Å². The van der Waals surface area contributed by atoms with Gasteiger partial charge in [0.1, 0.15) is 18.1 Å². The second-order valence-corrected chi connectivity index (χ2v) is 8.85. The molecule has 3 heteroatoms. The number of hydrogen-bond acceptors (Lipinski definition) is 2. The van der Waals surface area contributed by atoms with Gasteiger partial charge in [0.25, 0.3) is 0 Å². The molecule has 1 atom stereocenters. The van der Waals surface area contributed by atoms with Gasteiger partial charge in [0.2, 0.25) is 0 Å². The summed E-state index contributed by atoms with van der Waals surface area (Å²) in [6, 6.07) is 16.7. The highest BCUT2D eigenvalue weighted by Gasteiger charge is 2.20. The first-order chi connectivity index (χ1) is 14.3. The van der Waals surface area contributed by atoms with Crippen LogP contribution in [0.3, 0.4) is 0 Å². The normalized spacial score (nSPS) is 19.1. The molecule has 158 valence electrons. The molecule has 0 heterocycles. The van der Waals surface area contributed by atoms with Gasteiger partial charge in [0.05, 0.1) is 9.47 Å². The number of aryl methyl sites for hydroxylation is 1. The Kier molecular flexibility index (Phi) is 9.35. The number of rotatable bonds is 11. The van der Waals surface area contributed by atoms with E-state index in [2.05, 4.69) is 40.7 Å². The van der Waals surface area contributed by atoms with Crippen molar-refractivity contribution < 1.29 is 9.26 Å². The Balaban J connectivity index is 1.35. The fraction of sp³-hybridized carbons (Fsp3) is 0.538. The standard InChI is InChI=1S/C26H37O2P/c1-2-3-4-5-21-6-8-22(9-7-21)10-11-23-12-16-25(17-13-23)27-20-24-14-18-26(28-29)19-15-24/h12-19,21-22H,2-11,20,29H2,1H3. The average Bonchev–Trinajstić information content (AvgIpc) is 2.78. The molecule has 1 saturated carbocycles. The second-order valence-electron chi connectivity index (χ2n) is 8.62. The van der Waals surface area contributed by atoms with Crippen LogP contribution >= 0.6 is 9.47 Å². The zero-order valence-electron chi connectivity index (χ0n) is 17.9. The Hall–Kier alpha value is -1.53. The van der Waals surface area contributed by atoms with Gasteiger partial charge in [-0.3, -0.25) is 0 Å². The zero-order chi connectivity index (χ0) is 20.3. The first kappa shape index (κ1) is 22.2. The van der Waals surface area contributed by atoms with Crippen molar-refractivity contribution in [2.75, 3.05) is 0 Å². The first-order valence-corrected chi connectivity index (χ1v) is 11.9. The summed E-state index contributed by atoms with van der Waals surface area (Å²) in [6.45, 7) is 2.88. The molecule has 29 heavy (non-hydrogen) atoms. The summed E-state index contributed by atoms with van der Waals surface area (Å²) < 4.78 is 11.0. The number of unbranched alkanes of at least 4 members (excludes halogenated alkanes) is 2. The highest BCUT2D eigenvalue weighted by molar-refractivity contribution is 7.10. The van der Waals surface area contributed by atoms with E-state index in [0.717, 1.165) is 28.9 Å². The van der Waals surface area contributed by atoms with Crippen LogP contribution in [0, 0.1) is 11.8 Å². The van der Waals surface area contributed by atoms with Crippen molar-refractivity contribution in [1.82, 2.24) is 0 Å². The molecule has 0 N–H and O–H groups in total. The minimum Gasteiger partial charge on any atom is -0.489 e. The van der Waals surface area contributed by atoms with Gasteiger partial charge in [-0.1, -0.05) is 82.6 Å². The second kappa shape index (κ2) is 12.2. The molecule has 1 unspecified atom stereocenters. The van der Waals surface area contributed by atoms with Crippen molar-refractivity contribution in [2.45, 2.75) is 77.7 Å². The molecule has 0 spiro atoms. The molecule has 2 nitrogen and oxygen atoms in total. The Morgan fingerprint density at radius 1 is 0.759 bits per heavy atom. The molecule has 1 aliphatic carbocycles. The minimum absolute atomic E-state index is 0.581. The van der Waals surface area contributed by atoms with Gasteiger partial charge >= 0.3 is 0 Å². The van der Waals surface area contributed by atoms with Crippen LogP contribution in [-0.4, -0.2) is 0 Å². The van der Waals surface area contributed by atoms with Gasteiger partial charge < -0.3 is 9.26 Å². The molecular weight excluding hydrogens is 375 g/mol. The number of hydrogen-bond donors (Lipinski definition) is 0. The van der Waals surface area contributed by atoms with Crippen LogP contribution in [0.5, 0.6) is 11.5 Å². The van der Waals surface area contributed by atoms with E-state index in [0.29, 0.717) is 6.61 Å². The average molecular weight is 413 g/mol. The summed E-state index contributed by atoms with van der Waals surface area (Å²) in [5.41, 5.74) is 2.58. The fourth-order valence-corrected chi connectivity index (χ4v) is 4.60.